The highest BCUT2D eigenvalue weighted by Crippen LogP contribution is 2.29. The van der Waals surface area contributed by atoms with Gasteiger partial charge in [0.15, 0.2) is 5.65 Å². The van der Waals surface area contributed by atoms with E-state index in [9.17, 15) is 0 Å². The van der Waals surface area contributed by atoms with Crippen LogP contribution < -0.4 is 9.80 Å². The van der Waals surface area contributed by atoms with Crippen molar-refractivity contribution < 1.29 is 4.74 Å². The number of pyridine rings is 1. The van der Waals surface area contributed by atoms with Gasteiger partial charge in [-0.3, -0.25) is 0 Å². The Labute approximate surface area is 150 Å². The molecular formula is C16H20ClN5OS. The van der Waals surface area contributed by atoms with E-state index in [0.717, 1.165) is 48.3 Å². The van der Waals surface area contributed by atoms with Crippen molar-refractivity contribution in [3.63, 3.8) is 0 Å². The molecule has 4 rings (SSSR count). The van der Waals surface area contributed by atoms with Crippen LogP contribution in [-0.2, 0) is 4.74 Å². The maximum Gasteiger partial charge on any atom is 0.229 e. The summed E-state index contributed by atoms with van der Waals surface area (Å²) in [4.78, 5) is 18.6. The summed E-state index contributed by atoms with van der Waals surface area (Å²) >= 11 is 8.07. The van der Waals surface area contributed by atoms with Crippen molar-refractivity contribution in [2.45, 2.75) is 13.0 Å². The maximum absolute atomic E-state index is 6.10. The van der Waals surface area contributed by atoms with Crippen molar-refractivity contribution in [2.75, 3.05) is 54.2 Å². The molecule has 2 aliphatic heterocycles. The third-order valence-electron chi connectivity index (χ3n) is 4.43. The summed E-state index contributed by atoms with van der Waals surface area (Å²) in [5.74, 6) is 3.90. The highest BCUT2D eigenvalue weighted by Gasteiger charge is 2.25. The van der Waals surface area contributed by atoms with Gasteiger partial charge in [-0.25, -0.2) is 4.98 Å². The number of morpholine rings is 1. The van der Waals surface area contributed by atoms with Crippen molar-refractivity contribution in [1.82, 2.24) is 15.0 Å². The Morgan fingerprint density at radius 1 is 1.17 bits per heavy atom. The molecular weight excluding hydrogens is 346 g/mol. The molecule has 2 aromatic rings. The standard InChI is InChI=1S/C16H20ClN5OS/c1-11-10-23-7-4-22(11)15-12-2-3-13(17)18-14(12)19-16(20-15)21-5-8-24-9-6-21/h2-3,11H,4-10H2,1H3. The van der Waals surface area contributed by atoms with Gasteiger partial charge < -0.3 is 14.5 Å². The lowest BCUT2D eigenvalue weighted by Crippen LogP contribution is -2.44. The van der Waals surface area contributed by atoms with Crippen molar-refractivity contribution in [3.8, 4) is 0 Å². The summed E-state index contributed by atoms with van der Waals surface area (Å²) in [6, 6.07) is 4.05. The average molecular weight is 366 g/mol. The molecule has 1 atom stereocenters. The molecule has 0 radical (unpaired) electrons. The molecule has 2 saturated heterocycles. The zero-order valence-electron chi connectivity index (χ0n) is 13.6. The smallest absolute Gasteiger partial charge is 0.229 e. The number of nitrogens with zero attached hydrogens (tertiary/aromatic N) is 5. The van der Waals surface area contributed by atoms with Gasteiger partial charge in [-0.05, 0) is 19.1 Å². The van der Waals surface area contributed by atoms with Gasteiger partial charge >= 0.3 is 0 Å². The molecule has 2 aliphatic rings. The molecule has 0 aromatic carbocycles. The minimum absolute atomic E-state index is 0.275. The fraction of sp³-hybridized carbons (Fsp3) is 0.562. The Kier molecular flexibility index (Phi) is 4.65. The summed E-state index contributed by atoms with van der Waals surface area (Å²) in [5.41, 5.74) is 0.666. The molecule has 4 heterocycles. The van der Waals surface area contributed by atoms with Crippen LogP contribution >= 0.6 is 23.4 Å². The number of thioether (sulfide) groups is 1. The molecule has 24 heavy (non-hydrogen) atoms. The third kappa shape index (κ3) is 3.12. The molecule has 6 nitrogen and oxygen atoms in total. The number of hydrogen-bond donors (Lipinski definition) is 0. The van der Waals surface area contributed by atoms with E-state index in [-0.39, 0.29) is 6.04 Å². The van der Waals surface area contributed by atoms with Gasteiger partial charge in [-0.15, -0.1) is 0 Å². The Morgan fingerprint density at radius 2 is 2.00 bits per heavy atom. The van der Waals surface area contributed by atoms with Crippen molar-refractivity contribution >= 4 is 46.2 Å². The first-order valence-electron chi connectivity index (χ1n) is 8.24. The number of aromatic nitrogens is 3. The fourth-order valence-corrected chi connectivity index (χ4v) is 4.17. The maximum atomic E-state index is 6.10. The van der Waals surface area contributed by atoms with Gasteiger partial charge in [0.05, 0.1) is 24.6 Å². The van der Waals surface area contributed by atoms with Crippen molar-refractivity contribution in [3.05, 3.63) is 17.3 Å². The van der Waals surface area contributed by atoms with E-state index in [1.54, 1.807) is 6.07 Å². The number of anilines is 2. The summed E-state index contributed by atoms with van der Waals surface area (Å²) in [6.07, 6.45) is 0. The van der Waals surface area contributed by atoms with Crippen LogP contribution in [0.2, 0.25) is 5.15 Å². The van der Waals surface area contributed by atoms with E-state index >= 15 is 0 Å². The molecule has 0 amide bonds. The SMILES string of the molecule is CC1COCCN1c1nc(N2CCSCC2)nc2nc(Cl)ccc12. The number of halogens is 1. The topological polar surface area (TPSA) is 54.4 Å². The number of ether oxygens (including phenoxy) is 1. The molecule has 1 unspecified atom stereocenters. The molecule has 2 fully saturated rings. The van der Waals surface area contributed by atoms with Gasteiger partial charge in [0.1, 0.15) is 11.0 Å². The molecule has 2 aromatic heterocycles. The Hall–Kier alpha value is -1.31. The van der Waals surface area contributed by atoms with E-state index in [1.807, 2.05) is 17.8 Å². The second kappa shape index (κ2) is 6.90. The molecule has 128 valence electrons. The van der Waals surface area contributed by atoms with Crippen LogP contribution in [0.1, 0.15) is 6.92 Å². The van der Waals surface area contributed by atoms with Gasteiger partial charge in [0.25, 0.3) is 0 Å². The zero-order valence-corrected chi connectivity index (χ0v) is 15.2. The Morgan fingerprint density at radius 3 is 2.79 bits per heavy atom. The molecule has 0 aliphatic carbocycles. The second-order valence-electron chi connectivity index (χ2n) is 6.07. The summed E-state index contributed by atoms with van der Waals surface area (Å²) in [6.45, 7) is 6.34. The number of fused-ring (bicyclic) bond motifs is 1. The quantitative estimate of drug-likeness (QED) is 0.757. The van der Waals surface area contributed by atoms with E-state index in [0.29, 0.717) is 24.0 Å². The molecule has 0 bridgehead atoms. The van der Waals surface area contributed by atoms with Crippen LogP contribution in [0.25, 0.3) is 11.0 Å². The molecule has 0 spiro atoms. The van der Waals surface area contributed by atoms with Crippen LogP contribution in [0.5, 0.6) is 0 Å². The largest absolute Gasteiger partial charge is 0.377 e. The predicted molar refractivity (Wildman–Crippen MR) is 99.5 cm³/mol. The van der Waals surface area contributed by atoms with Gasteiger partial charge in [0.2, 0.25) is 5.95 Å². The first kappa shape index (κ1) is 16.2. The third-order valence-corrected chi connectivity index (χ3v) is 5.58. The minimum Gasteiger partial charge on any atom is -0.377 e. The van der Waals surface area contributed by atoms with Crippen molar-refractivity contribution in [1.29, 1.82) is 0 Å². The molecule has 8 heteroatoms. The van der Waals surface area contributed by atoms with E-state index in [1.165, 1.54) is 0 Å². The van der Waals surface area contributed by atoms with Crippen LogP contribution in [-0.4, -0.2) is 65.3 Å². The van der Waals surface area contributed by atoms with Crippen LogP contribution in [0.3, 0.4) is 0 Å². The Balaban J connectivity index is 1.82. The lowest BCUT2D eigenvalue weighted by molar-refractivity contribution is 0.0987. The number of hydrogen-bond acceptors (Lipinski definition) is 7. The first-order chi connectivity index (χ1) is 11.7. The molecule has 0 N–H and O–H groups in total. The fourth-order valence-electron chi connectivity index (χ4n) is 3.13. The van der Waals surface area contributed by atoms with Gasteiger partial charge in [0, 0.05) is 31.1 Å². The van der Waals surface area contributed by atoms with Gasteiger partial charge in [-0.2, -0.15) is 21.7 Å². The monoisotopic (exact) mass is 365 g/mol. The lowest BCUT2D eigenvalue weighted by Gasteiger charge is -2.35. The summed E-state index contributed by atoms with van der Waals surface area (Å²) < 4.78 is 5.58. The van der Waals surface area contributed by atoms with E-state index in [4.69, 9.17) is 26.3 Å². The normalized spacial score (nSPS) is 22.2. The first-order valence-corrected chi connectivity index (χ1v) is 9.77. The second-order valence-corrected chi connectivity index (χ2v) is 7.68. The predicted octanol–water partition coefficient (Wildman–Crippen LogP) is 2.46. The summed E-state index contributed by atoms with van der Waals surface area (Å²) in [5, 5.41) is 1.41. The minimum atomic E-state index is 0.275. The zero-order chi connectivity index (χ0) is 16.5. The van der Waals surface area contributed by atoms with Crippen molar-refractivity contribution in [2.24, 2.45) is 0 Å². The van der Waals surface area contributed by atoms with E-state index in [2.05, 4.69) is 21.7 Å². The van der Waals surface area contributed by atoms with Crippen LogP contribution in [0.15, 0.2) is 12.1 Å². The lowest BCUT2D eigenvalue weighted by atomic mass is 10.2. The highest BCUT2D eigenvalue weighted by molar-refractivity contribution is 7.99. The van der Waals surface area contributed by atoms with E-state index < -0.39 is 0 Å². The van der Waals surface area contributed by atoms with Crippen LogP contribution in [0.4, 0.5) is 11.8 Å². The number of rotatable bonds is 2. The molecule has 0 saturated carbocycles. The van der Waals surface area contributed by atoms with Crippen LogP contribution in [0, 0.1) is 0 Å². The Bertz CT molecular complexity index is 740. The highest BCUT2D eigenvalue weighted by atomic mass is 35.5. The summed E-state index contributed by atoms with van der Waals surface area (Å²) in [7, 11) is 0. The van der Waals surface area contributed by atoms with Gasteiger partial charge in [-0.1, -0.05) is 11.6 Å². The average Bonchev–Trinajstić information content (AvgIpc) is 2.62.